The molecule has 0 saturated carbocycles. The third-order valence-electron chi connectivity index (χ3n) is 6.53. The predicted molar refractivity (Wildman–Crippen MR) is 134 cm³/mol. The number of amides is 1. The van der Waals surface area contributed by atoms with Crippen molar-refractivity contribution in [1.82, 2.24) is 15.1 Å². The van der Waals surface area contributed by atoms with Crippen LogP contribution < -0.4 is 4.74 Å². The Morgan fingerprint density at radius 3 is 2.50 bits per heavy atom. The van der Waals surface area contributed by atoms with Gasteiger partial charge in [0, 0.05) is 17.7 Å². The number of unbranched alkanes of at least 4 members (excludes halogenated alkanes) is 3. The second-order valence-electron chi connectivity index (χ2n) is 9.22. The molecule has 3 aromatic rings. The first-order valence-corrected chi connectivity index (χ1v) is 12.4. The van der Waals surface area contributed by atoms with E-state index in [4.69, 9.17) is 4.74 Å². The number of carbonyl (C=O) groups excluding carboxylic acids is 1. The van der Waals surface area contributed by atoms with Crippen molar-refractivity contribution in [3.05, 3.63) is 64.3 Å². The minimum Gasteiger partial charge on any atom is -0.507 e. The van der Waals surface area contributed by atoms with Crippen LogP contribution in [0.15, 0.2) is 36.4 Å². The number of phenolic OH excluding ortho intramolecular Hbond substituents is 1. The van der Waals surface area contributed by atoms with Crippen LogP contribution in [0, 0.1) is 13.8 Å². The van der Waals surface area contributed by atoms with Gasteiger partial charge in [-0.1, -0.05) is 51.3 Å². The Labute approximate surface area is 202 Å². The van der Waals surface area contributed by atoms with Gasteiger partial charge in [-0.2, -0.15) is 5.10 Å². The first kappa shape index (κ1) is 23.9. The molecule has 0 bridgehead atoms. The van der Waals surface area contributed by atoms with Crippen molar-refractivity contribution in [3.8, 4) is 22.8 Å². The summed E-state index contributed by atoms with van der Waals surface area (Å²) in [4.78, 5) is 15.3. The Kier molecular flexibility index (Phi) is 7.25. The fourth-order valence-corrected chi connectivity index (χ4v) is 4.74. The van der Waals surface area contributed by atoms with E-state index in [9.17, 15) is 9.90 Å². The van der Waals surface area contributed by atoms with Gasteiger partial charge in [-0.25, -0.2) is 0 Å². The number of hydrogen-bond donors (Lipinski definition) is 2. The molecular formula is C28H35N3O3. The number of fused-ring (bicyclic) bond motifs is 1. The van der Waals surface area contributed by atoms with Crippen LogP contribution in [0.4, 0.5) is 0 Å². The molecule has 1 atom stereocenters. The molecule has 0 radical (unpaired) electrons. The van der Waals surface area contributed by atoms with E-state index in [0.29, 0.717) is 30.1 Å². The normalized spacial score (nSPS) is 15.1. The SMILES string of the molecule is CCCCCOc1ccc(C2c3c(-c4cc(C)cc(C)c4O)n[nH]c3C(=O)N2CCCC)cc1. The predicted octanol–water partition coefficient (Wildman–Crippen LogP) is 6.31. The van der Waals surface area contributed by atoms with E-state index in [2.05, 4.69) is 24.0 Å². The molecule has 2 N–H and O–H groups in total. The summed E-state index contributed by atoms with van der Waals surface area (Å²) >= 11 is 0. The summed E-state index contributed by atoms with van der Waals surface area (Å²) in [5.74, 6) is 0.994. The van der Waals surface area contributed by atoms with Crippen molar-refractivity contribution in [3.63, 3.8) is 0 Å². The summed E-state index contributed by atoms with van der Waals surface area (Å²) < 4.78 is 5.90. The van der Waals surface area contributed by atoms with Crippen molar-refractivity contribution in [2.45, 2.75) is 65.8 Å². The highest BCUT2D eigenvalue weighted by Gasteiger charge is 2.42. The third-order valence-corrected chi connectivity index (χ3v) is 6.53. The lowest BCUT2D eigenvalue weighted by atomic mass is 9.94. The van der Waals surface area contributed by atoms with Crippen molar-refractivity contribution >= 4 is 5.91 Å². The number of aromatic nitrogens is 2. The van der Waals surface area contributed by atoms with Gasteiger partial charge in [0.05, 0.1) is 12.6 Å². The number of benzene rings is 2. The molecule has 6 heteroatoms. The highest BCUT2D eigenvalue weighted by atomic mass is 16.5. The van der Waals surface area contributed by atoms with Crippen LogP contribution in [0.5, 0.6) is 11.5 Å². The number of aromatic hydroxyl groups is 1. The smallest absolute Gasteiger partial charge is 0.273 e. The number of carbonyl (C=O) groups is 1. The van der Waals surface area contributed by atoms with E-state index in [0.717, 1.165) is 60.1 Å². The van der Waals surface area contributed by atoms with Crippen LogP contribution in [0.1, 0.15) is 84.7 Å². The molecule has 1 aliphatic rings. The van der Waals surface area contributed by atoms with Gasteiger partial charge in [0.1, 0.15) is 22.9 Å². The number of hydrogen-bond acceptors (Lipinski definition) is 4. The molecular weight excluding hydrogens is 426 g/mol. The van der Waals surface area contributed by atoms with Gasteiger partial charge in [0.25, 0.3) is 5.91 Å². The van der Waals surface area contributed by atoms with Crippen molar-refractivity contribution in [2.75, 3.05) is 13.2 Å². The number of H-pyrrole nitrogens is 1. The average molecular weight is 462 g/mol. The molecule has 2 aromatic carbocycles. The van der Waals surface area contributed by atoms with Crippen LogP contribution >= 0.6 is 0 Å². The third kappa shape index (κ3) is 4.54. The number of nitrogens with one attached hydrogen (secondary N) is 1. The minimum atomic E-state index is -0.267. The van der Waals surface area contributed by atoms with Crippen LogP contribution in [0.25, 0.3) is 11.3 Å². The molecule has 0 saturated heterocycles. The van der Waals surface area contributed by atoms with Crippen molar-refractivity contribution in [2.24, 2.45) is 0 Å². The van der Waals surface area contributed by atoms with Crippen LogP contribution in [0.3, 0.4) is 0 Å². The van der Waals surface area contributed by atoms with E-state index in [1.165, 1.54) is 0 Å². The molecule has 1 aromatic heterocycles. The molecule has 34 heavy (non-hydrogen) atoms. The van der Waals surface area contributed by atoms with Gasteiger partial charge in [-0.15, -0.1) is 0 Å². The molecule has 0 aliphatic carbocycles. The zero-order chi connectivity index (χ0) is 24.2. The second-order valence-corrected chi connectivity index (χ2v) is 9.22. The molecule has 0 fully saturated rings. The van der Waals surface area contributed by atoms with Crippen molar-refractivity contribution < 1.29 is 14.6 Å². The van der Waals surface area contributed by atoms with Gasteiger partial charge >= 0.3 is 0 Å². The van der Waals surface area contributed by atoms with Crippen LogP contribution in [-0.4, -0.2) is 39.3 Å². The Morgan fingerprint density at radius 2 is 1.79 bits per heavy atom. The number of rotatable bonds is 10. The standard InChI is InChI=1S/C28H35N3O3/c1-5-7-9-15-34-21-12-10-20(11-13-21)26-23-24(22-17-18(3)16-19(4)27(22)32)29-30-25(23)28(33)31(26)14-8-6-2/h10-13,16-17,26,32H,5-9,14-15H2,1-4H3,(H,29,30). The fourth-order valence-electron chi connectivity index (χ4n) is 4.74. The van der Waals surface area contributed by atoms with Gasteiger partial charge in [0.15, 0.2) is 0 Å². The lowest BCUT2D eigenvalue weighted by Gasteiger charge is -2.26. The first-order valence-electron chi connectivity index (χ1n) is 12.4. The molecule has 1 unspecified atom stereocenters. The molecule has 1 aliphatic heterocycles. The molecule has 2 heterocycles. The van der Waals surface area contributed by atoms with E-state index in [1.54, 1.807) is 0 Å². The maximum absolute atomic E-state index is 13.4. The molecule has 1 amide bonds. The first-order chi connectivity index (χ1) is 16.5. The molecule has 6 nitrogen and oxygen atoms in total. The summed E-state index contributed by atoms with van der Waals surface area (Å²) in [6.07, 6.45) is 5.28. The number of ether oxygens (including phenoxy) is 1. The Morgan fingerprint density at radius 1 is 1.06 bits per heavy atom. The number of phenols is 1. The van der Waals surface area contributed by atoms with Gasteiger partial charge in [0.2, 0.25) is 0 Å². The van der Waals surface area contributed by atoms with E-state index in [1.807, 2.05) is 55.1 Å². The highest BCUT2D eigenvalue weighted by Crippen LogP contribution is 2.45. The maximum Gasteiger partial charge on any atom is 0.273 e. The summed E-state index contributed by atoms with van der Waals surface area (Å²) in [5, 5.41) is 18.3. The Balaban J connectivity index is 1.73. The second kappa shape index (κ2) is 10.3. The Bertz CT molecular complexity index is 1150. The summed E-state index contributed by atoms with van der Waals surface area (Å²) in [5.41, 5.74) is 5.47. The van der Waals surface area contributed by atoms with Gasteiger partial charge in [-0.05, 0) is 61.6 Å². The quantitative estimate of drug-likeness (QED) is 0.347. The monoisotopic (exact) mass is 461 g/mol. The van der Waals surface area contributed by atoms with Crippen molar-refractivity contribution in [1.29, 1.82) is 0 Å². The molecule has 0 spiro atoms. The maximum atomic E-state index is 13.4. The topological polar surface area (TPSA) is 78.5 Å². The zero-order valence-corrected chi connectivity index (χ0v) is 20.6. The highest BCUT2D eigenvalue weighted by molar-refractivity contribution is 6.00. The summed E-state index contributed by atoms with van der Waals surface area (Å²) in [7, 11) is 0. The van der Waals surface area contributed by atoms with Crippen LogP contribution in [0.2, 0.25) is 0 Å². The fraction of sp³-hybridized carbons (Fsp3) is 0.429. The van der Waals surface area contributed by atoms with Gasteiger partial charge in [-0.3, -0.25) is 9.89 Å². The Hall–Kier alpha value is -3.28. The minimum absolute atomic E-state index is 0.0454. The number of aromatic amines is 1. The number of nitrogens with zero attached hydrogens (tertiary/aromatic N) is 2. The van der Waals surface area contributed by atoms with E-state index >= 15 is 0 Å². The lowest BCUT2D eigenvalue weighted by molar-refractivity contribution is 0.0741. The summed E-state index contributed by atoms with van der Waals surface area (Å²) in [6.45, 7) is 9.56. The van der Waals surface area contributed by atoms with Gasteiger partial charge < -0.3 is 14.7 Å². The molecule has 180 valence electrons. The number of aryl methyl sites for hydroxylation is 2. The van der Waals surface area contributed by atoms with E-state index in [-0.39, 0.29) is 17.7 Å². The zero-order valence-electron chi connectivity index (χ0n) is 20.6. The molecule has 4 rings (SSSR count). The summed E-state index contributed by atoms with van der Waals surface area (Å²) in [6, 6.07) is 11.7. The largest absolute Gasteiger partial charge is 0.507 e. The lowest BCUT2D eigenvalue weighted by Crippen LogP contribution is -2.30. The average Bonchev–Trinajstić information content (AvgIpc) is 3.37. The van der Waals surface area contributed by atoms with Crippen LogP contribution in [-0.2, 0) is 0 Å². The van der Waals surface area contributed by atoms with E-state index < -0.39 is 0 Å².